The van der Waals surface area contributed by atoms with E-state index in [1.54, 1.807) is 0 Å². The molecule has 4 N–H and O–H groups in total. The van der Waals surface area contributed by atoms with Crippen molar-refractivity contribution < 1.29 is 56.2 Å². The van der Waals surface area contributed by atoms with Gasteiger partial charge in [-0.15, -0.1) is 0 Å². The van der Waals surface area contributed by atoms with Gasteiger partial charge in [0.2, 0.25) is 0 Å². The molecule has 1 saturated heterocycles. The zero-order valence-corrected chi connectivity index (χ0v) is 40.5. The number of rotatable bonds is 46. The largest absolute Gasteiger partial charge is 0.457 e. The first-order chi connectivity index (χ1) is 30.1. The molecule has 0 aromatic rings. The summed E-state index contributed by atoms with van der Waals surface area (Å²) in [6.45, 7) is 4.03. The maximum atomic E-state index is 12.9. The summed E-state index contributed by atoms with van der Waals surface area (Å²) < 4.78 is 59.1. The molecule has 6 atom stereocenters. The van der Waals surface area contributed by atoms with Crippen LogP contribution in [-0.2, 0) is 38.3 Å². The van der Waals surface area contributed by atoms with E-state index in [1.807, 2.05) is 0 Å². The van der Waals surface area contributed by atoms with Gasteiger partial charge >= 0.3 is 16.4 Å². The molecule has 1 rings (SSSR count). The number of hydrogen-bond acceptors (Lipinski definition) is 11. The van der Waals surface area contributed by atoms with Gasteiger partial charge in [0, 0.05) is 13.0 Å². The third kappa shape index (κ3) is 34.4. The van der Waals surface area contributed by atoms with Gasteiger partial charge in [0.05, 0.1) is 19.8 Å². The number of carbonyl (C=O) groups excluding carboxylic acids is 1. The highest BCUT2D eigenvalue weighted by Crippen LogP contribution is 2.26. The molecule has 1 heterocycles. The van der Waals surface area contributed by atoms with E-state index >= 15 is 0 Å². The molecule has 0 amide bonds. The quantitative estimate of drug-likeness (QED) is 0.0258. The zero-order chi connectivity index (χ0) is 45.4. The summed E-state index contributed by atoms with van der Waals surface area (Å²) in [6.07, 6.45) is 35.9. The Bertz CT molecular complexity index is 1090. The second-order valence-corrected chi connectivity index (χ2v) is 19.2. The molecule has 6 unspecified atom stereocenters. The standard InChI is InChI=1S/C49H96O12S/c1-3-5-7-9-11-13-15-16-17-18-19-20-21-22-23-24-25-26-27-28-29-30-32-34-36-38-45(51)59-43(41-57-39-37-35-33-31-14-12-10-8-6-4-2)42-58-49-47(53)48(61-62(54,55)56)46(52)44(40-50)60-49/h43-44,46-50,52-53H,3-42H2,1-2H3,(H,54,55,56). The van der Waals surface area contributed by atoms with Crippen molar-refractivity contribution in [3.8, 4) is 0 Å². The molecule has 370 valence electrons. The van der Waals surface area contributed by atoms with Crippen molar-refractivity contribution in [2.45, 2.75) is 282 Å². The molecule has 0 radical (unpaired) electrons. The minimum absolute atomic E-state index is 0.0441. The van der Waals surface area contributed by atoms with E-state index in [0.717, 1.165) is 38.5 Å². The normalized spacial score (nSPS) is 19.9. The van der Waals surface area contributed by atoms with Crippen molar-refractivity contribution in [3.63, 3.8) is 0 Å². The van der Waals surface area contributed by atoms with Crippen LogP contribution in [-0.4, -0.2) is 97.5 Å². The molecule has 12 nitrogen and oxygen atoms in total. The smallest absolute Gasteiger partial charge is 0.397 e. The van der Waals surface area contributed by atoms with Crippen LogP contribution in [0.1, 0.15) is 245 Å². The van der Waals surface area contributed by atoms with Crippen LogP contribution in [0.15, 0.2) is 0 Å². The predicted molar refractivity (Wildman–Crippen MR) is 248 cm³/mol. The summed E-state index contributed by atoms with van der Waals surface area (Å²) >= 11 is 0. The van der Waals surface area contributed by atoms with Crippen LogP contribution in [0.2, 0.25) is 0 Å². The lowest BCUT2D eigenvalue weighted by Gasteiger charge is -2.41. The Kier molecular flexibility index (Phi) is 39.6. The van der Waals surface area contributed by atoms with Gasteiger partial charge in [-0.3, -0.25) is 9.35 Å². The van der Waals surface area contributed by atoms with E-state index < -0.39 is 59.8 Å². The number of esters is 1. The van der Waals surface area contributed by atoms with Gasteiger partial charge in [0.15, 0.2) is 6.29 Å². The van der Waals surface area contributed by atoms with Crippen molar-refractivity contribution in [1.29, 1.82) is 0 Å². The van der Waals surface area contributed by atoms with Crippen molar-refractivity contribution in [2.24, 2.45) is 0 Å². The summed E-state index contributed by atoms with van der Waals surface area (Å²) in [7, 11) is -5.06. The molecule has 62 heavy (non-hydrogen) atoms. The second-order valence-electron chi connectivity index (χ2n) is 18.1. The molecule has 1 aliphatic heterocycles. The third-order valence-corrected chi connectivity index (χ3v) is 12.7. The van der Waals surface area contributed by atoms with Crippen LogP contribution in [0.4, 0.5) is 0 Å². The number of hydrogen-bond donors (Lipinski definition) is 4. The summed E-state index contributed by atoms with van der Waals surface area (Å²) in [5.41, 5.74) is 0. The Morgan fingerprint density at radius 3 is 1.29 bits per heavy atom. The van der Waals surface area contributed by atoms with E-state index in [2.05, 4.69) is 18.0 Å². The molecule has 0 aromatic heterocycles. The van der Waals surface area contributed by atoms with E-state index in [4.69, 9.17) is 23.5 Å². The van der Waals surface area contributed by atoms with Gasteiger partial charge in [-0.05, 0) is 12.8 Å². The molecule has 13 heteroatoms. The molecule has 0 aliphatic carbocycles. The van der Waals surface area contributed by atoms with Crippen LogP contribution < -0.4 is 0 Å². The van der Waals surface area contributed by atoms with Crippen LogP contribution in [0.5, 0.6) is 0 Å². The van der Waals surface area contributed by atoms with Crippen LogP contribution >= 0.6 is 0 Å². The Balaban J connectivity index is 2.24. The van der Waals surface area contributed by atoms with Gasteiger partial charge < -0.3 is 34.3 Å². The molecule has 0 aromatic carbocycles. The summed E-state index contributed by atoms with van der Waals surface area (Å²) in [6, 6.07) is 0. The fourth-order valence-corrected chi connectivity index (χ4v) is 8.83. The lowest BCUT2D eigenvalue weighted by molar-refractivity contribution is -0.301. The monoisotopic (exact) mass is 909 g/mol. The number of carbonyl (C=O) groups is 1. The number of unbranched alkanes of at least 4 members (excludes halogenated alkanes) is 33. The van der Waals surface area contributed by atoms with Crippen LogP contribution in [0, 0.1) is 0 Å². The van der Waals surface area contributed by atoms with Crippen LogP contribution in [0.3, 0.4) is 0 Å². The Morgan fingerprint density at radius 1 is 0.548 bits per heavy atom. The average molecular weight is 909 g/mol. The van der Waals surface area contributed by atoms with Gasteiger partial charge in [-0.2, -0.15) is 8.42 Å². The van der Waals surface area contributed by atoms with Gasteiger partial charge in [0.25, 0.3) is 0 Å². The highest BCUT2D eigenvalue weighted by molar-refractivity contribution is 7.80. The highest BCUT2D eigenvalue weighted by atomic mass is 32.3. The first-order valence-corrected chi connectivity index (χ1v) is 27.2. The summed E-state index contributed by atoms with van der Waals surface area (Å²) in [5, 5.41) is 30.7. The SMILES string of the molecule is CCCCCCCCCCCCCCCCCCCCCCCCCCCC(=O)OC(COCCCCCCCCCCCC)COC1OC(CO)C(O)C(OS(=O)(=O)O)C1O. The first kappa shape index (κ1) is 59.1. The minimum atomic E-state index is -5.06. The number of ether oxygens (including phenoxy) is 4. The first-order valence-electron chi connectivity index (χ1n) is 25.8. The zero-order valence-electron chi connectivity index (χ0n) is 39.7. The van der Waals surface area contributed by atoms with Gasteiger partial charge in [0.1, 0.15) is 30.5 Å². The van der Waals surface area contributed by atoms with Gasteiger partial charge in [-0.25, -0.2) is 4.18 Å². The van der Waals surface area contributed by atoms with Crippen molar-refractivity contribution in [2.75, 3.05) is 26.4 Å². The third-order valence-electron chi connectivity index (χ3n) is 12.2. The Labute approximate surface area is 379 Å². The van der Waals surface area contributed by atoms with E-state index in [0.29, 0.717) is 13.0 Å². The van der Waals surface area contributed by atoms with E-state index in [9.17, 15) is 28.5 Å². The predicted octanol–water partition coefficient (Wildman–Crippen LogP) is 11.6. The Morgan fingerprint density at radius 2 is 0.919 bits per heavy atom. The maximum absolute atomic E-state index is 12.9. The fourth-order valence-electron chi connectivity index (χ4n) is 8.32. The van der Waals surface area contributed by atoms with E-state index in [1.165, 1.54) is 180 Å². The van der Waals surface area contributed by atoms with Crippen molar-refractivity contribution >= 4 is 16.4 Å². The summed E-state index contributed by atoms with van der Waals surface area (Å²) in [4.78, 5) is 12.9. The Hall–Kier alpha value is -0.900. The molecular formula is C49H96O12S. The lowest BCUT2D eigenvalue weighted by atomic mass is 9.99. The van der Waals surface area contributed by atoms with Crippen LogP contribution in [0.25, 0.3) is 0 Å². The minimum Gasteiger partial charge on any atom is -0.457 e. The summed E-state index contributed by atoms with van der Waals surface area (Å²) in [5.74, 6) is -0.392. The number of aliphatic hydroxyl groups excluding tert-OH is 3. The molecule has 0 spiro atoms. The second kappa shape index (κ2) is 41.5. The number of aliphatic hydroxyl groups is 3. The van der Waals surface area contributed by atoms with E-state index in [-0.39, 0.29) is 19.6 Å². The fraction of sp³-hybridized carbons (Fsp3) is 0.980. The average Bonchev–Trinajstić information content (AvgIpc) is 3.24. The molecule has 0 saturated carbocycles. The lowest BCUT2D eigenvalue weighted by Crippen LogP contribution is -2.60. The highest BCUT2D eigenvalue weighted by Gasteiger charge is 2.48. The van der Waals surface area contributed by atoms with Crippen molar-refractivity contribution in [1.82, 2.24) is 0 Å². The molecular weight excluding hydrogens is 813 g/mol. The van der Waals surface area contributed by atoms with Crippen molar-refractivity contribution in [3.05, 3.63) is 0 Å². The molecule has 1 aliphatic rings. The molecule has 1 fully saturated rings. The van der Waals surface area contributed by atoms with Gasteiger partial charge in [-0.1, -0.05) is 226 Å². The molecule has 0 bridgehead atoms. The maximum Gasteiger partial charge on any atom is 0.397 e. The topological polar surface area (TPSA) is 178 Å².